The number of aryl methyl sites for hydroxylation is 1. The molecule has 1 heterocycles. The number of benzene rings is 1. The van der Waals surface area contributed by atoms with Crippen LogP contribution >= 0.6 is 0 Å². The van der Waals surface area contributed by atoms with Crippen LogP contribution in [0, 0.1) is 6.92 Å². The van der Waals surface area contributed by atoms with Crippen molar-refractivity contribution < 1.29 is 22.7 Å². The van der Waals surface area contributed by atoms with Crippen LogP contribution in [-0.2, 0) is 24.1 Å². The maximum Gasteiger partial charge on any atom is 0.305 e. The van der Waals surface area contributed by atoms with Gasteiger partial charge in [-0.05, 0) is 38.3 Å². The molecule has 180 valence electrons. The van der Waals surface area contributed by atoms with Gasteiger partial charge in [0.2, 0.25) is 9.84 Å². The monoisotopic (exact) mass is 465 g/mol. The summed E-state index contributed by atoms with van der Waals surface area (Å²) in [6, 6.07) is 6.93. The number of methoxy groups -OCH3 is 1. The predicted octanol–water partition coefficient (Wildman–Crippen LogP) is 5.77. The maximum atomic E-state index is 12.9. The molecule has 0 saturated carbocycles. The van der Waals surface area contributed by atoms with E-state index in [0.29, 0.717) is 17.7 Å². The van der Waals surface area contributed by atoms with Gasteiger partial charge in [-0.25, -0.2) is 13.4 Å². The van der Waals surface area contributed by atoms with Crippen LogP contribution in [0.15, 0.2) is 34.2 Å². The van der Waals surface area contributed by atoms with Crippen molar-refractivity contribution in [3.05, 3.63) is 29.8 Å². The van der Waals surface area contributed by atoms with Crippen LogP contribution in [-0.4, -0.2) is 39.4 Å². The zero-order valence-corrected chi connectivity index (χ0v) is 20.4. The Balaban J connectivity index is 1.52. The Morgan fingerprint density at radius 2 is 1.44 bits per heavy atom. The van der Waals surface area contributed by atoms with Crippen LogP contribution < -0.4 is 0 Å². The quantitative estimate of drug-likeness (QED) is 0.229. The lowest BCUT2D eigenvalue weighted by atomic mass is 10.0. The Kier molecular flexibility index (Phi) is 11.8. The van der Waals surface area contributed by atoms with Crippen LogP contribution in [0.4, 0.5) is 0 Å². The van der Waals surface area contributed by atoms with E-state index >= 15 is 0 Å². The summed E-state index contributed by atoms with van der Waals surface area (Å²) in [7, 11) is -2.08. The molecule has 0 amide bonds. The molecule has 0 saturated heterocycles. The molecule has 0 fully saturated rings. The third-order valence-electron chi connectivity index (χ3n) is 6.03. The summed E-state index contributed by atoms with van der Waals surface area (Å²) in [4.78, 5) is 15.5. The minimum Gasteiger partial charge on any atom is -0.477 e. The fourth-order valence-corrected chi connectivity index (χ4v) is 5.61. The number of sulfone groups is 1. The minimum atomic E-state index is -3.52. The summed E-state index contributed by atoms with van der Waals surface area (Å²) in [5.74, 6) is -0.111. The third-order valence-corrected chi connectivity index (χ3v) is 8.02. The number of hydrogen-bond acceptors (Lipinski definition) is 6. The molecule has 6 nitrogen and oxygen atoms in total. The van der Waals surface area contributed by atoms with E-state index in [4.69, 9.17) is 4.74 Å². The fourth-order valence-electron chi connectivity index (χ4n) is 4.00. The number of carbonyl (C=O) groups excluding carboxylic acids is 1. The average Bonchev–Trinajstić information content (AvgIpc) is 3.26. The zero-order chi connectivity index (χ0) is 23.2. The van der Waals surface area contributed by atoms with Crippen molar-refractivity contribution in [2.75, 3.05) is 7.11 Å². The number of carbonyl (C=O) groups is 1. The second-order valence-electron chi connectivity index (χ2n) is 8.68. The Morgan fingerprint density at radius 3 is 2.00 bits per heavy atom. The van der Waals surface area contributed by atoms with Crippen molar-refractivity contribution in [3.63, 3.8) is 0 Å². The molecular formula is C25H39NO5S. The summed E-state index contributed by atoms with van der Waals surface area (Å²) in [5.41, 5.74) is 1.03. The lowest BCUT2D eigenvalue weighted by Crippen LogP contribution is -2.30. The minimum absolute atomic E-state index is 0.111. The molecule has 0 aromatic heterocycles. The summed E-state index contributed by atoms with van der Waals surface area (Å²) in [6.45, 7) is 1.94. The van der Waals surface area contributed by atoms with E-state index in [1.165, 1.54) is 58.5 Å². The SMILES string of the molecule is COC(=O)CCCCCCCCCCCCCC1OC=NC1S(=O)(=O)c1ccc(C)cc1. The number of ether oxygens (including phenoxy) is 2. The Hall–Kier alpha value is -1.89. The van der Waals surface area contributed by atoms with Gasteiger partial charge >= 0.3 is 5.97 Å². The van der Waals surface area contributed by atoms with E-state index in [2.05, 4.69) is 9.73 Å². The predicted molar refractivity (Wildman–Crippen MR) is 128 cm³/mol. The molecule has 0 spiro atoms. The molecule has 2 atom stereocenters. The molecular weight excluding hydrogens is 426 g/mol. The first kappa shape index (κ1) is 26.4. The highest BCUT2D eigenvalue weighted by molar-refractivity contribution is 7.92. The van der Waals surface area contributed by atoms with Crippen LogP contribution in [0.1, 0.15) is 89.0 Å². The maximum absolute atomic E-state index is 12.9. The van der Waals surface area contributed by atoms with Gasteiger partial charge in [0.15, 0.2) is 11.8 Å². The van der Waals surface area contributed by atoms with E-state index in [1.54, 1.807) is 12.1 Å². The lowest BCUT2D eigenvalue weighted by molar-refractivity contribution is -0.140. The number of aliphatic imine (C=N–C) groups is 1. The Bertz CT molecular complexity index is 804. The first-order valence-electron chi connectivity index (χ1n) is 12.0. The van der Waals surface area contributed by atoms with Gasteiger partial charge in [-0.1, -0.05) is 75.5 Å². The largest absolute Gasteiger partial charge is 0.477 e. The lowest BCUT2D eigenvalue weighted by Gasteiger charge is -2.17. The summed E-state index contributed by atoms with van der Waals surface area (Å²) in [5, 5.41) is -0.835. The van der Waals surface area contributed by atoms with Gasteiger partial charge in [0.25, 0.3) is 0 Å². The van der Waals surface area contributed by atoms with Crippen molar-refractivity contribution in [2.24, 2.45) is 4.99 Å². The molecule has 0 bridgehead atoms. The van der Waals surface area contributed by atoms with Crippen LogP contribution in [0.2, 0.25) is 0 Å². The van der Waals surface area contributed by atoms with Crippen molar-refractivity contribution in [3.8, 4) is 0 Å². The molecule has 2 rings (SSSR count). The normalized spacial score (nSPS) is 17.9. The van der Waals surface area contributed by atoms with Crippen LogP contribution in [0.25, 0.3) is 0 Å². The Morgan fingerprint density at radius 1 is 0.906 bits per heavy atom. The van der Waals surface area contributed by atoms with Gasteiger partial charge < -0.3 is 9.47 Å². The van der Waals surface area contributed by atoms with Crippen molar-refractivity contribution >= 4 is 22.2 Å². The van der Waals surface area contributed by atoms with Gasteiger partial charge in [0.05, 0.1) is 12.0 Å². The number of rotatable bonds is 16. The second kappa shape index (κ2) is 14.3. The molecule has 1 aliphatic heterocycles. The van der Waals surface area contributed by atoms with Crippen LogP contribution in [0.5, 0.6) is 0 Å². The van der Waals surface area contributed by atoms with Crippen LogP contribution in [0.3, 0.4) is 0 Å². The van der Waals surface area contributed by atoms with E-state index in [0.717, 1.165) is 31.2 Å². The van der Waals surface area contributed by atoms with E-state index in [-0.39, 0.29) is 12.1 Å². The summed E-state index contributed by atoms with van der Waals surface area (Å²) < 4.78 is 36.0. The number of esters is 1. The third kappa shape index (κ3) is 8.93. The molecule has 1 aliphatic rings. The van der Waals surface area contributed by atoms with Crippen molar-refractivity contribution in [1.82, 2.24) is 0 Å². The van der Waals surface area contributed by atoms with Crippen molar-refractivity contribution in [2.45, 2.75) is 107 Å². The number of unbranched alkanes of at least 4 members (excludes halogenated alkanes) is 10. The summed E-state index contributed by atoms with van der Waals surface area (Å²) >= 11 is 0. The zero-order valence-electron chi connectivity index (χ0n) is 19.6. The summed E-state index contributed by atoms with van der Waals surface area (Å²) in [6.07, 6.45) is 14.8. The van der Waals surface area contributed by atoms with Crippen molar-refractivity contribution in [1.29, 1.82) is 0 Å². The van der Waals surface area contributed by atoms with E-state index in [9.17, 15) is 13.2 Å². The standard InChI is InChI=1S/C25H39NO5S/c1-21-16-18-22(19-17-21)32(28,29)25-23(31-20-26-25)14-12-10-8-6-4-3-5-7-9-11-13-15-24(27)30-2/h16-20,23,25H,3-15H2,1-2H3. The molecule has 7 heteroatoms. The molecule has 2 unspecified atom stereocenters. The van der Waals surface area contributed by atoms with Gasteiger partial charge in [-0.15, -0.1) is 0 Å². The van der Waals surface area contributed by atoms with Gasteiger partial charge in [0, 0.05) is 6.42 Å². The smallest absolute Gasteiger partial charge is 0.305 e. The highest BCUT2D eigenvalue weighted by atomic mass is 32.2. The molecule has 0 N–H and O–H groups in total. The van der Waals surface area contributed by atoms with Gasteiger partial charge in [-0.2, -0.15) is 0 Å². The second-order valence-corrected chi connectivity index (χ2v) is 10.7. The molecule has 1 aromatic rings. The molecule has 0 aliphatic carbocycles. The van der Waals surface area contributed by atoms with Gasteiger partial charge in [0.1, 0.15) is 6.10 Å². The highest BCUT2D eigenvalue weighted by Crippen LogP contribution is 2.27. The first-order chi connectivity index (χ1) is 15.4. The number of hydrogen-bond donors (Lipinski definition) is 0. The molecule has 0 radical (unpaired) electrons. The fraction of sp³-hybridized carbons (Fsp3) is 0.680. The highest BCUT2D eigenvalue weighted by Gasteiger charge is 2.38. The first-order valence-corrected chi connectivity index (χ1v) is 13.5. The van der Waals surface area contributed by atoms with E-state index in [1.807, 2.05) is 19.1 Å². The topological polar surface area (TPSA) is 82.0 Å². The average molecular weight is 466 g/mol. The molecule has 32 heavy (non-hydrogen) atoms. The number of nitrogens with zero attached hydrogens (tertiary/aromatic N) is 1. The molecule has 1 aromatic carbocycles. The Labute approximate surface area is 193 Å². The van der Waals surface area contributed by atoms with E-state index < -0.39 is 15.2 Å². The van der Waals surface area contributed by atoms with Gasteiger partial charge in [-0.3, -0.25) is 4.79 Å².